The van der Waals surface area contributed by atoms with Gasteiger partial charge in [-0.1, -0.05) is 78.9 Å². The predicted molar refractivity (Wildman–Crippen MR) is 120 cm³/mol. The van der Waals surface area contributed by atoms with Gasteiger partial charge in [0.1, 0.15) is 0 Å². The molecule has 0 fully saturated rings. The standard InChI is InChI=1S/C26H28N2O2/c1-20(28-26(30)23-15-9-4-10-16-23)19-25(29)27-18-17-24(21-11-5-2-6-12-21)22-13-7-3-8-14-22/h2-16,20,24H,17-19H2,1H3,(H,27,29)(H,28,30). The number of nitrogens with one attached hydrogen (secondary N) is 2. The molecule has 154 valence electrons. The molecule has 0 saturated heterocycles. The molecule has 0 radical (unpaired) electrons. The van der Waals surface area contributed by atoms with Crippen molar-refractivity contribution in [2.24, 2.45) is 0 Å². The van der Waals surface area contributed by atoms with E-state index in [1.165, 1.54) is 11.1 Å². The summed E-state index contributed by atoms with van der Waals surface area (Å²) in [7, 11) is 0. The highest BCUT2D eigenvalue weighted by molar-refractivity contribution is 5.94. The van der Waals surface area contributed by atoms with Crippen LogP contribution in [-0.4, -0.2) is 24.4 Å². The van der Waals surface area contributed by atoms with E-state index in [1.54, 1.807) is 12.1 Å². The van der Waals surface area contributed by atoms with Crippen LogP contribution in [0.25, 0.3) is 0 Å². The Morgan fingerprint density at radius 2 is 1.27 bits per heavy atom. The molecule has 0 aliphatic rings. The van der Waals surface area contributed by atoms with E-state index in [0.717, 1.165) is 6.42 Å². The predicted octanol–water partition coefficient (Wildman–Crippen LogP) is 4.53. The Kier molecular flexibility index (Phi) is 7.78. The number of carbonyl (C=O) groups is 2. The molecule has 4 heteroatoms. The minimum atomic E-state index is -0.239. The fraction of sp³-hybridized carbons (Fsp3) is 0.231. The maximum atomic E-state index is 12.4. The van der Waals surface area contributed by atoms with Crippen LogP contribution in [0.3, 0.4) is 0 Å². The van der Waals surface area contributed by atoms with Crippen LogP contribution in [0, 0.1) is 0 Å². The highest BCUT2D eigenvalue weighted by Gasteiger charge is 2.16. The Bertz CT molecular complexity index is 888. The number of benzene rings is 3. The van der Waals surface area contributed by atoms with Gasteiger partial charge in [-0.05, 0) is 36.6 Å². The molecule has 0 heterocycles. The summed E-state index contributed by atoms with van der Waals surface area (Å²) in [6.07, 6.45) is 1.06. The second-order valence-corrected chi connectivity index (χ2v) is 7.46. The zero-order valence-electron chi connectivity index (χ0n) is 17.3. The molecule has 0 spiro atoms. The van der Waals surface area contributed by atoms with Crippen LogP contribution in [0.4, 0.5) is 0 Å². The van der Waals surface area contributed by atoms with Crippen molar-refractivity contribution >= 4 is 11.8 Å². The van der Waals surface area contributed by atoms with Crippen molar-refractivity contribution in [3.63, 3.8) is 0 Å². The lowest BCUT2D eigenvalue weighted by molar-refractivity contribution is -0.121. The van der Waals surface area contributed by atoms with Gasteiger partial charge in [0.2, 0.25) is 5.91 Å². The van der Waals surface area contributed by atoms with Crippen LogP contribution < -0.4 is 10.6 Å². The van der Waals surface area contributed by atoms with Crippen LogP contribution in [0.15, 0.2) is 91.0 Å². The van der Waals surface area contributed by atoms with Gasteiger partial charge in [-0.15, -0.1) is 0 Å². The first kappa shape index (κ1) is 21.3. The zero-order valence-corrected chi connectivity index (χ0v) is 17.3. The van der Waals surface area contributed by atoms with Crippen molar-refractivity contribution in [3.8, 4) is 0 Å². The quantitative estimate of drug-likeness (QED) is 0.554. The first-order chi connectivity index (χ1) is 14.6. The third-order valence-corrected chi connectivity index (χ3v) is 5.06. The van der Waals surface area contributed by atoms with E-state index in [2.05, 4.69) is 34.9 Å². The summed E-state index contributed by atoms with van der Waals surface area (Å²) in [5, 5.41) is 5.88. The fourth-order valence-corrected chi connectivity index (χ4v) is 3.55. The third-order valence-electron chi connectivity index (χ3n) is 5.06. The highest BCUT2D eigenvalue weighted by Crippen LogP contribution is 2.27. The van der Waals surface area contributed by atoms with Crippen LogP contribution in [0.2, 0.25) is 0 Å². The number of carbonyl (C=O) groups excluding carboxylic acids is 2. The van der Waals surface area contributed by atoms with Gasteiger partial charge in [0, 0.05) is 30.5 Å². The zero-order chi connectivity index (χ0) is 21.2. The topological polar surface area (TPSA) is 58.2 Å². The summed E-state index contributed by atoms with van der Waals surface area (Å²) in [6.45, 7) is 2.42. The molecule has 2 amide bonds. The molecule has 3 aromatic carbocycles. The SMILES string of the molecule is CC(CC(=O)NCCC(c1ccccc1)c1ccccc1)NC(=O)c1ccccc1. The molecule has 0 saturated carbocycles. The van der Waals surface area contributed by atoms with Crippen molar-refractivity contribution in [2.75, 3.05) is 6.54 Å². The lowest BCUT2D eigenvalue weighted by Crippen LogP contribution is -2.37. The Labute approximate surface area is 178 Å². The van der Waals surface area contributed by atoms with Crippen LogP contribution >= 0.6 is 0 Å². The molecule has 30 heavy (non-hydrogen) atoms. The van der Waals surface area contributed by atoms with Gasteiger partial charge in [-0.3, -0.25) is 9.59 Å². The summed E-state index contributed by atoms with van der Waals surface area (Å²) < 4.78 is 0. The molecule has 3 rings (SSSR count). The Morgan fingerprint density at radius 3 is 1.80 bits per heavy atom. The fourth-order valence-electron chi connectivity index (χ4n) is 3.55. The summed E-state index contributed by atoms with van der Waals surface area (Å²) in [4.78, 5) is 24.6. The smallest absolute Gasteiger partial charge is 0.251 e. The number of amides is 2. The van der Waals surface area contributed by atoms with E-state index in [4.69, 9.17) is 0 Å². The van der Waals surface area contributed by atoms with Gasteiger partial charge < -0.3 is 10.6 Å². The van der Waals surface area contributed by atoms with E-state index in [0.29, 0.717) is 12.1 Å². The first-order valence-corrected chi connectivity index (χ1v) is 10.4. The van der Waals surface area contributed by atoms with Crippen molar-refractivity contribution in [1.29, 1.82) is 0 Å². The Hall–Kier alpha value is -3.40. The second kappa shape index (κ2) is 11.0. The van der Waals surface area contributed by atoms with E-state index >= 15 is 0 Å². The molecule has 0 aliphatic carbocycles. The summed E-state index contributed by atoms with van der Waals surface area (Å²) in [5.41, 5.74) is 3.07. The van der Waals surface area contributed by atoms with Gasteiger partial charge >= 0.3 is 0 Å². The Balaban J connectivity index is 1.50. The molecular weight excluding hydrogens is 372 g/mol. The number of rotatable bonds is 9. The van der Waals surface area contributed by atoms with Crippen molar-refractivity contribution < 1.29 is 9.59 Å². The average molecular weight is 401 g/mol. The number of hydrogen-bond acceptors (Lipinski definition) is 2. The largest absolute Gasteiger partial charge is 0.356 e. The van der Waals surface area contributed by atoms with Gasteiger partial charge in [0.25, 0.3) is 5.91 Å². The molecule has 0 aliphatic heterocycles. The van der Waals surface area contributed by atoms with Crippen LogP contribution in [-0.2, 0) is 4.79 Å². The molecule has 0 bridgehead atoms. The Morgan fingerprint density at radius 1 is 0.767 bits per heavy atom. The molecule has 0 aromatic heterocycles. The van der Waals surface area contributed by atoms with Crippen molar-refractivity contribution in [2.45, 2.75) is 31.7 Å². The van der Waals surface area contributed by atoms with Crippen molar-refractivity contribution in [3.05, 3.63) is 108 Å². The van der Waals surface area contributed by atoms with Gasteiger partial charge in [-0.2, -0.15) is 0 Å². The summed E-state index contributed by atoms with van der Waals surface area (Å²) in [5.74, 6) is 0.00256. The van der Waals surface area contributed by atoms with Gasteiger partial charge in [0.05, 0.1) is 0 Å². The van der Waals surface area contributed by atoms with E-state index in [1.807, 2.05) is 61.5 Å². The minimum Gasteiger partial charge on any atom is -0.356 e. The van der Waals surface area contributed by atoms with E-state index < -0.39 is 0 Å². The second-order valence-electron chi connectivity index (χ2n) is 7.46. The lowest BCUT2D eigenvalue weighted by Gasteiger charge is -2.19. The van der Waals surface area contributed by atoms with Crippen LogP contribution in [0.5, 0.6) is 0 Å². The normalized spacial score (nSPS) is 11.7. The molecule has 1 atom stereocenters. The first-order valence-electron chi connectivity index (χ1n) is 10.4. The molecule has 2 N–H and O–H groups in total. The average Bonchev–Trinajstić information content (AvgIpc) is 2.78. The summed E-state index contributed by atoms with van der Waals surface area (Å²) in [6, 6.07) is 29.5. The maximum absolute atomic E-state index is 12.4. The molecular formula is C26H28N2O2. The highest BCUT2D eigenvalue weighted by atomic mass is 16.2. The van der Waals surface area contributed by atoms with Crippen LogP contribution in [0.1, 0.15) is 47.2 Å². The van der Waals surface area contributed by atoms with Crippen molar-refractivity contribution in [1.82, 2.24) is 10.6 Å². The molecule has 1 unspecified atom stereocenters. The summed E-state index contributed by atoms with van der Waals surface area (Å²) >= 11 is 0. The minimum absolute atomic E-state index is 0.0595. The number of hydrogen-bond donors (Lipinski definition) is 2. The molecule has 3 aromatic rings. The third kappa shape index (κ3) is 6.31. The lowest BCUT2D eigenvalue weighted by atomic mass is 9.88. The maximum Gasteiger partial charge on any atom is 0.251 e. The molecule has 4 nitrogen and oxygen atoms in total. The van der Waals surface area contributed by atoms with Gasteiger partial charge in [0.15, 0.2) is 0 Å². The monoisotopic (exact) mass is 400 g/mol. The van der Waals surface area contributed by atoms with E-state index in [9.17, 15) is 9.59 Å². The van der Waals surface area contributed by atoms with Gasteiger partial charge in [-0.25, -0.2) is 0 Å². The van der Waals surface area contributed by atoms with E-state index in [-0.39, 0.29) is 30.2 Å².